The van der Waals surface area contributed by atoms with E-state index in [9.17, 15) is 15.2 Å². The minimum atomic E-state index is -1.00. The molecule has 1 atom stereocenters. The van der Waals surface area contributed by atoms with E-state index in [1.807, 2.05) is 18.2 Å². The summed E-state index contributed by atoms with van der Waals surface area (Å²) in [5, 5.41) is 27.6. The molecule has 198 valence electrons. The highest BCUT2D eigenvalue weighted by Gasteiger charge is 2.50. The largest absolute Gasteiger partial charge is 0.451 e. The van der Waals surface area contributed by atoms with Gasteiger partial charge in [0.1, 0.15) is 23.0 Å². The fourth-order valence-corrected chi connectivity index (χ4v) is 5.73. The van der Waals surface area contributed by atoms with Crippen LogP contribution in [0, 0.1) is 11.3 Å². The Morgan fingerprint density at radius 1 is 1.03 bits per heavy atom. The second-order valence-electron chi connectivity index (χ2n) is 11.0. The van der Waals surface area contributed by atoms with Crippen molar-refractivity contribution in [1.82, 2.24) is 10.6 Å². The van der Waals surface area contributed by atoms with Gasteiger partial charge in [-0.1, -0.05) is 55.7 Å². The number of amides is 1. The molecule has 1 aromatic heterocycles. The minimum absolute atomic E-state index is 0.207. The van der Waals surface area contributed by atoms with Crippen molar-refractivity contribution in [3.63, 3.8) is 0 Å². The highest BCUT2D eigenvalue weighted by molar-refractivity contribution is 5.97. The van der Waals surface area contributed by atoms with Gasteiger partial charge in [-0.05, 0) is 54.5 Å². The zero-order valence-corrected chi connectivity index (χ0v) is 21.6. The number of nitrogens with zero attached hydrogens (tertiary/aromatic N) is 1. The third-order valence-corrected chi connectivity index (χ3v) is 8.56. The first kappa shape index (κ1) is 25.1. The van der Waals surface area contributed by atoms with Gasteiger partial charge >= 0.3 is 0 Å². The molecule has 0 radical (unpaired) electrons. The Labute approximate surface area is 221 Å². The van der Waals surface area contributed by atoms with Gasteiger partial charge < -0.3 is 24.3 Å². The average molecular weight is 516 g/mol. The number of hydrogen-bond donors (Lipinski definition) is 3. The standard InChI is InChI=1S/C30H33N3O5/c1-36-30(18-37-19-30)23-9-7-20(8-10-23)21-5-6-22-16-25(38-24(22)15-21)26(34)32-29(11-3-2-4-12-29)27(35)33-28(17-31)13-14-28/h5-10,15-16,27,33,35H,2-4,11-14,18-19H2,1H3,(H,32,34). The molecule has 1 amide bonds. The van der Waals surface area contributed by atoms with Crippen LogP contribution >= 0.6 is 0 Å². The first-order valence-electron chi connectivity index (χ1n) is 13.4. The van der Waals surface area contributed by atoms with Crippen LogP contribution in [0.25, 0.3) is 22.1 Å². The van der Waals surface area contributed by atoms with Crippen LogP contribution in [0.5, 0.6) is 0 Å². The van der Waals surface area contributed by atoms with Crippen LogP contribution in [0.1, 0.15) is 61.1 Å². The van der Waals surface area contributed by atoms with E-state index < -0.39 is 17.3 Å². The van der Waals surface area contributed by atoms with Crippen molar-refractivity contribution in [1.29, 1.82) is 5.26 Å². The SMILES string of the molecule is COC1(c2ccc(-c3ccc4cc(C(=O)NC5(C(O)NC6(C#N)CC6)CCCCC5)oc4c3)cc2)COC1. The molecule has 38 heavy (non-hydrogen) atoms. The van der Waals surface area contributed by atoms with Crippen LogP contribution in [-0.2, 0) is 15.1 Å². The Kier molecular flexibility index (Phi) is 6.28. The van der Waals surface area contributed by atoms with Crippen molar-refractivity contribution < 1.29 is 23.8 Å². The molecule has 8 heteroatoms. The van der Waals surface area contributed by atoms with E-state index in [0.717, 1.165) is 41.3 Å². The molecule has 2 saturated carbocycles. The minimum Gasteiger partial charge on any atom is -0.451 e. The number of nitriles is 1. The number of aliphatic hydroxyl groups excluding tert-OH is 1. The normalized spacial score (nSPS) is 21.7. The summed E-state index contributed by atoms with van der Waals surface area (Å²) in [6.45, 7) is 1.11. The number of furan rings is 1. The molecule has 6 rings (SSSR count). The smallest absolute Gasteiger partial charge is 0.287 e. The van der Waals surface area contributed by atoms with E-state index in [-0.39, 0.29) is 17.3 Å². The fourth-order valence-electron chi connectivity index (χ4n) is 5.73. The topological polar surface area (TPSA) is 117 Å². The van der Waals surface area contributed by atoms with Crippen LogP contribution in [0.15, 0.2) is 52.9 Å². The maximum atomic E-state index is 13.4. The molecule has 1 saturated heterocycles. The molecule has 8 nitrogen and oxygen atoms in total. The molecular weight excluding hydrogens is 482 g/mol. The molecule has 0 bridgehead atoms. The van der Waals surface area contributed by atoms with Gasteiger partial charge in [-0.2, -0.15) is 5.26 Å². The Hall–Kier alpha value is -3.22. The van der Waals surface area contributed by atoms with E-state index in [0.29, 0.717) is 44.5 Å². The number of rotatable bonds is 8. The molecule has 2 aliphatic carbocycles. The van der Waals surface area contributed by atoms with E-state index in [1.165, 1.54) is 0 Å². The van der Waals surface area contributed by atoms with Gasteiger partial charge in [0.2, 0.25) is 0 Å². The highest BCUT2D eigenvalue weighted by atomic mass is 16.6. The quantitative estimate of drug-likeness (QED) is 0.382. The number of benzene rings is 2. The number of carbonyl (C=O) groups excluding carboxylic acids is 1. The van der Waals surface area contributed by atoms with E-state index in [4.69, 9.17) is 13.9 Å². The average Bonchev–Trinajstić information content (AvgIpc) is 3.56. The second-order valence-corrected chi connectivity index (χ2v) is 11.0. The predicted molar refractivity (Wildman–Crippen MR) is 141 cm³/mol. The molecule has 3 N–H and O–H groups in total. The van der Waals surface area contributed by atoms with Crippen molar-refractivity contribution in [2.45, 2.75) is 67.9 Å². The lowest BCUT2D eigenvalue weighted by molar-refractivity contribution is -0.202. The molecular formula is C30H33N3O5. The summed E-state index contributed by atoms with van der Waals surface area (Å²) in [6, 6.07) is 18.2. The summed E-state index contributed by atoms with van der Waals surface area (Å²) in [6.07, 6.45) is 4.57. The van der Waals surface area contributed by atoms with Crippen molar-refractivity contribution in [3.05, 3.63) is 59.9 Å². The summed E-state index contributed by atoms with van der Waals surface area (Å²) in [5.41, 5.74) is 1.84. The Bertz CT molecular complexity index is 1370. The monoisotopic (exact) mass is 515 g/mol. The number of carbonyl (C=O) groups is 1. The van der Waals surface area contributed by atoms with Crippen LogP contribution in [0.2, 0.25) is 0 Å². The molecule has 1 unspecified atom stereocenters. The second kappa shape index (κ2) is 9.51. The lowest BCUT2D eigenvalue weighted by atomic mass is 9.79. The van der Waals surface area contributed by atoms with E-state index in [1.54, 1.807) is 13.2 Å². The van der Waals surface area contributed by atoms with E-state index in [2.05, 4.69) is 41.0 Å². The number of aliphatic hydroxyl groups is 1. The fraction of sp³-hybridized carbons (Fsp3) is 0.467. The van der Waals surface area contributed by atoms with Crippen molar-refractivity contribution in [2.24, 2.45) is 0 Å². The molecule has 1 aliphatic heterocycles. The number of methoxy groups -OCH3 is 1. The van der Waals surface area contributed by atoms with Gasteiger partial charge in [0.25, 0.3) is 5.91 Å². The first-order chi connectivity index (χ1) is 18.4. The maximum Gasteiger partial charge on any atom is 0.287 e. The Morgan fingerprint density at radius 3 is 2.34 bits per heavy atom. The summed E-state index contributed by atoms with van der Waals surface area (Å²) >= 11 is 0. The Morgan fingerprint density at radius 2 is 1.74 bits per heavy atom. The number of nitrogens with one attached hydrogen (secondary N) is 2. The van der Waals surface area contributed by atoms with Gasteiger partial charge in [-0.15, -0.1) is 0 Å². The lowest BCUT2D eigenvalue weighted by Gasteiger charge is -2.42. The Balaban J connectivity index is 1.21. The van der Waals surface area contributed by atoms with Crippen LogP contribution in [0.4, 0.5) is 0 Å². The lowest BCUT2D eigenvalue weighted by Crippen LogP contribution is -2.64. The first-order valence-corrected chi connectivity index (χ1v) is 13.4. The van der Waals surface area contributed by atoms with Crippen molar-refractivity contribution >= 4 is 16.9 Å². The van der Waals surface area contributed by atoms with Crippen LogP contribution < -0.4 is 10.6 Å². The molecule has 3 fully saturated rings. The number of fused-ring (bicyclic) bond motifs is 1. The van der Waals surface area contributed by atoms with Gasteiger partial charge in [0, 0.05) is 12.5 Å². The maximum absolute atomic E-state index is 13.4. The highest BCUT2D eigenvalue weighted by Crippen LogP contribution is 2.39. The van der Waals surface area contributed by atoms with Gasteiger partial charge in [-0.25, -0.2) is 0 Å². The number of ether oxygens (including phenoxy) is 2. The summed E-state index contributed by atoms with van der Waals surface area (Å²) in [7, 11) is 1.71. The third-order valence-electron chi connectivity index (χ3n) is 8.56. The van der Waals surface area contributed by atoms with Crippen molar-refractivity contribution in [2.75, 3.05) is 20.3 Å². The molecule has 0 spiro atoms. The summed E-state index contributed by atoms with van der Waals surface area (Å²) in [4.78, 5) is 13.4. The number of hydrogen-bond acceptors (Lipinski definition) is 7. The zero-order chi connectivity index (χ0) is 26.4. The van der Waals surface area contributed by atoms with Crippen LogP contribution in [-0.4, -0.2) is 48.6 Å². The van der Waals surface area contributed by atoms with Crippen molar-refractivity contribution in [3.8, 4) is 17.2 Å². The van der Waals surface area contributed by atoms with Gasteiger partial charge in [0.05, 0.1) is 24.8 Å². The predicted octanol–water partition coefficient (Wildman–Crippen LogP) is 4.37. The molecule has 2 aromatic carbocycles. The molecule has 2 heterocycles. The zero-order valence-electron chi connectivity index (χ0n) is 21.6. The summed E-state index contributed by atoms with van der Waals surface area (Å²) in [5.74, 6) is -0.151. The van der Waals surface area contributed by atoms with Gasteiger partial charge in [0.15, 0.2) is 5.76 Å². The van der Waals surface area contributed by atoms with Crippen LogP contribution in [0.3, 0.4) is 0 Å². The van der Waals surface area contributed by atoms with Gasteiger partial charge in [-0.3, -0.25) is 10.1 Å². The summed E-state index contributed by atoms with van der Waals surface area (Å²) < 4.78 is 17.1. The molecule has 3 aromatic rings. The molecule has 3 aliphatic rings. The third kappa shape index (κ3) is 4.40. The van der Waals surface area contributed by atoms with E-state index >= 15 is 0 Å².